The van der Waals surface area contributed by atoms with Crippen LogP contribution in [0, 0.1) is 0 Å². The average molecular weight is 277 g/mol. The van der Waals surface area contributed by atoms with Crippen molar-refractivity contribution in [2.24, 2.45) is 0 Å². The summed E-state index contributed by atoms with van der Waals surface area (Å²) in [7, 11) is 0. The Morgan fingerprint density at radius 3 is 2.88 bits per heavy atom. The van der Waals surface area contributed by atoms with Crippen LogP contribution in [0.1, 0.15) is 5.56 Å². The SMILES string of the molecule is O=C1NC(=S)C(=Cc2csc3ccccc23)S1. The van der Waals surface area contributed by atoms with Gasteiger partial charge >= 0.3 is 0 Å². The normalized spacial score (nSPS) is 18.0. The van der Waals surface area contributed by atoms with E-state index in [-0.39, 0.29) is 5.24 Å². The van der Waals surface area contributed by atoms with Crippen molar-refractivity contribution in [3.8, 4) is 0 Å². The van der Waals surface area contributed by atoms with Gasteiger partial charge in [0.2, 0.25) is 0 Å². The van der Waals surface area contributed by atoms with E-state index in [1.807, 2.05) is 18.2 Å². The number of thioether (sulfide) groups is 1. The maximum Gasteiger partial charge on any atom is 0.289 e. The molecule has 0 radical (unpaired) electrons. The van der Waals surface area contributed by atoms with Crippen molar-refractivity contribution in [1.82, 2.24) is 5.32 Å². The average Bonchev–Trinajstić information content (AvgIpc) is 2.85. The summed E-state index contributed by atoms with van der Waals surface area (Å²) in [6.45, 7) is 0. The fraction of sp³-hybridized carbons (Fsp3) is 0. The van der Waals surface area contributed by atoms with E-state index in [2.05, 4.69) is 22.8 Å². The summed E-state index contributed by atoms with van der Waals surface area (Å²) in [4.78, 5) is 12.5. The molecule has 17 heavy (non-hydrogen) atoms. The van der Waals surface area contributed by atoms with E-state index in [1.54, 1.807) is 11.3 Å². The molecule has 0 atom stereocenters. The van der Waals surface area contributed by atoms with Crippen LogP contribution in [0.2, 0.25) is 0 Å². The fourth-order valence-electron chi connectivity index (χ4n) is 1.67. The number of hydrogen-bond donors (Lipinski definition) is 1. The number of carbonyl (C=O) groups is 1. The predicted octanol–water partition coefficient (Wildman–Crippen LogP) is 4.03. The van der Waals surface area contributed by atoms with Gasteiger partial charge in [0.1, 0.15) is 4.99 Å². The summed E-state index contributed by atoms with van der Waals surface area (Å²) in [5.41, 5.74) is 1.12. The lowest BCUT2D eigenvalue weighted by atomic mass is 10.1. The van der Waals surface area contributed by atoms with E-state index in [0.717, 1.165) is 22.2 Å². The third-order valence-corrected chi connectivity index (χ3v) is 4.70. The second-order valence-corrected chi connectivity index (χ2v) is 5.87. The maximum absolute atomic E-state index is 11.2. The summed E-state index contributed by atoms with van der Waals surface area (Å²) in [6, 6.07) is 8.21. The van der Waals surface area contributed by atoms with Crippen molar-refractivity contribution in [1.29, 1.82) is 0 Å². The first-order valence-corrected chi connectivity index (χ1v) is 7.05. The number of thiophene rings is 1. The molecular weight excluding hydrogens is 270 g/mol. The van der Waals surface area contributed by atoms with E-state index in [1.165, 1.54) is 10.1 Å². The van der Waals surface area contributed by atoms with Gasteiger partial charge in [0.25, 0.3) is 5.24 Å². The Bertz CT molecular complexity index is 657. The van der Waals surface area contributed by atoms with Crippen LogP contribution >= 0.6 is 35.3 Å². The Kier molecular flexibility index (Phi) is 2.74. The zero-order valence-corrected chi connectivity index (χ0v) is 11.0. The third-order valence-electron chi connectivity index (χ3n) is 2.44. The number of rotatable bonds is 1. The first-order chi connectivity index (χ1) is 8.24. The molecule has 84 valence electrons. The molecule has 3 rings (SSSR count). The van der Waals surface area contributed by atoms with Crippen LogP contribution < -0.4 is 5.32 Å². The van der Waals surface area contributed by atoms with Crippen LogP contribution in [0.25, 0.3) is 16.2 Å². The largest absolute Gasteiger partial charge is 0.307 e. The van der Waals surface area contributed by atoms with Gasteiger partial charge in [-0.1, -0.05) is 30.4 Å². The Labute approximate surface area is 112 Å². The summed E-state index contributed by atoms with van der Waals surface area (Å²) < 4.78 is 1.24. The van der Waals surface area contributed by atoms with Crippen molar-refractivity contribution in [2.45, 2.75) is 0 Å². The lowest BCUT2D eigenvalue weighted by molar-refractivity contribution is 0.265. The number of carbonyl (C=O) groups excluding carboxylic acids is 1. The van der Waals surface area contributed by atoms with E-state index in [9.17, 15) is 4.79 Å². The number of hydrogen-bond acceptors (Lipinski definition) is 4. The second-order valence-electron chi connectivity index (χ2n) is 3.54. The molecule has 2 nitrogen and oxygen atoms in total. The number of amides is 1. The minimum Gasteiger partial charge on any atom is -0.307 e. The Hall–Kier alpha value is -1.17. The highest BCUT2D eigenvalue weighted by Gasteiger charge is 2.21. The fourth-order valence-corrected chi connectivity index (χ4v) is 3.62. The van der Waals surface area contributed by atoms with Gasteiger partial charge in [-0.3, -0.25) is 4.79 Å². The molecule has 2 heterocycles. The minimum absolute atomic E-state index is 0.0965. The molecule has 0 spiro atoms. The van der Waals surface area contributed by atoms with Crippen molar-refractivity contribution >= 4 is 61.7 Å². The van der Waals surface area contributed by atoms with Gasteiger partial charge in [0.05, 0.1) is 4.91 Å². The third kappa shape index (κ3) is 2.01. The van der Waals surface area contributed by atoms with Gasteiger partial charge in [-0.05, 0) is 40.2 Å². The lowest BCUT2D eigenvalue weighted by Gasteiger charge is -1.94. The van der Waals surface area contributed by atoms with Crippen LogP contribution in [-0.4, -0.2) is 10.2 Å². The molecule has 1 aliphatic heterocycles. The van der Waals surface area contributed by atoms with E-state index >= 15 is 0 Å². The molecule has 0 bridgehead atoms. The molecule has 0 saturated carbocycles. The summed E-state index contributed by atoms with van der Waals surface area (Å²) >= 11 is 7.95. The standard InChI is InChI=1S/C12H7NOS3/c14-12-13-11(15)10(17-12)5-7-6-16-9-4-2-1-3-8(7)9/h1-6H,(H,13,14,15). The molecule has 2 aromatic rings. The summed E-state index contributed by atoms with van der Waals surface area (Å²) in [5.74, 6) is 0. The predicted molar refractivity (Wildman–Crippen MR) is 78.5 cm³/mol. The van der Waals surface area contributed by atoms with Crippen LogP contribution in [0.5, 0.6) is 0 Å². The molecule has 1 N–H and O–H groups in total. The van der Waals surface area contributed by atoms with Crippen molar-refractivity contribution in [2.75, 3.05) is 0 Å². The van der Waals surface area contributed by atoms with Crippen molar-refractivity contribution < 1.29 is 4.79 Å². The first kappa shape index (κ1) is 11.0. The van der Waals surface area contributed by atoms with Crippen LogP contribution in [0.4, 0.5) is 4.79 Å². The zero-order valence-electron chi connectivity index (χ0n) is 8.60. The quantitative estimate of drug-likeness (QED) is 0.630. The van der Waals surface area contributed by atoms with Crippen molar-refractivity contribution in [3.63, 3.8) is 0 Å². The van der Waals surface area contributed by atoms with Gasteiger partial charge < -0.3 is 5.32 Å². The topological polar surface area (TPSA) is 29.1 Å². The number of fused-ring (bicyclic) bond motifs is 1. The molecule has 0 aliphatic carbocycles. The van der Waals surface area contributed by atoms with Gasteiger partial charge in [-0.25, -0.2) is 0 Å². The molecule has 1 aliphatic rings. The summed E-state index contributed by atoms with van der Waals surface area (Å²) in [6.07, 6.45) is 1.98. The molecule has 5 heteroatoms. The smallest absolute Gasteiger partial charge is 0.289 e. The van der Waals surface area contributed by atoms with Gasteiger partial charge in [0, 0.05) is 4.70 Å². The van der Waals surface area contributed by atoms with Gasteiger partial charge in [0.15, 0.2) is 0 Å². The van der Waals surface area contributed by atoms with Crippen LogP contribution in [0.3, 0.4) is 0 Å². The second kappa shape index (κ2) is 4.25. The molecule has 1 aromatic carbocycles. The maximum atomic E-state index is 11.2. The highest BCUT2D eigenvalue weighted by Crippen LogP contribution is 2.31. The van der Waals surface area contributed by atoms with Crippen LogP contribution in [-0.2, 0) is 0 Å². The molecule has 1 aromatic heterocycles. The van der Waals surface area contributed by atoms with E-state index < -0.39 is 0 Å². The number of nitrogens with one attached hydrogen (secondary N) is 1. The van der Waals surface area contributed by atoms with Gasteiger partial charge in [-0.2, -0.15) is 0 Å². The summed E-state index contributed by atoms with van der Waals surface area (Å²) in [5, 5.41) is 5.81. The lowest BCUT2D eigenvalue weighted by Crippen LogP contribution is -2.15. The molecule has 1 fully saturated rings. The number of thiocarbonyl (C=S) groups is 1. The zero-order chi connectivity index (χ0) is 11.8. The van der Waals surface area contributed by atoms with E-state index in [4.69, 9.17) is 12.2 Å². The molecule has 0 unspecified atom stereocenters. The van der Waals surface area contributed by atoms with Gasteiger partial charge in [-0.15, -0.1) is 11.3 Å². The minimum atomic E-state index is -0.0965. The molecular formula is C12H7NOS3. The first-order valence-electron chi connectivity index (χ1n) is 4.95. The number of benzene rings is 1. The monoisotopic (exact) mass is 277 g/mol. The Morgan fingerprint density at radius 2 is 2.12 bits per heavy atom. The van der Waals surface area contributed by atoms with Crippen molar-refractivity contribution in [3.05, 3.63) is 40.1 Å². The highest BCUT2D eigenvalue weighted by atomic mass is 32.2. The molecule has 1 saturated heterocycles. The molecule has 1 amide bonds. The Morgan fingerprint density at radius 1 is 1.29 bits per heavy atom. The Balaban J connectivity index is 2.08. The van der Waals surface area contributed by atoms with E-state index in [0.29, 0.717) is 4.99 Å². The van der Waals surface area contributed by atoms with Crippen LogP contribution in [0.15, 0.2) is 34.6 Å². The highest BCUT2D eigenvalue weighted by molar-refractivity contribution is 8.19.